The molecule has 0 spiro atoms. The first kappa shape index (κ1) is 21.5. The molecule has 1 aromatic heterocycles. The lowest BCUT2D eigenvalue weighted by molar-refractivity contribution is -0.137. The molecule has 160 valence electrons. The van der Waals surface area contributed by atoms with Crippen molar-refractivity contribution in [3.05, 3.63) is 53.1 Å². The minimum absolute atomic E-state index is 0.107. The van der Waals surface area contributed by atoms with Crippen LogP contribution in [-0.2, 0) is 6.18 Å². The Bertz CT molecular complexity index is 945. The summed E-state index contributed by atoms with van der Waals surface area (Å²) in [4.78, 5) is 22.0. The van der Waals surface area contributed by atoms with Crippen molar-refractivity contribution in [3.8, 4) is 5.88 Å². The summed E-state index contributed by atoms with van der Waals surface area (Å²) in [5, 5.41) is 2.64. The highest BCUT2D eigenvalue weighted by atomic mass is 19.4. The maximum Gasteiger partial charge on any atom is 0.416 e. The number of methoxy groups -OCH3 is 1. The predicted molar refractivity (Wildman–Crippen MR) is 102 cm³/mol. The zero-order valence-electron chi connectivity index (χ0n) is 16.3. The lowest BCUT2D eigenvalue weighted by atomic mass is 9.91. The number of nitrogens with zero attached hydrogens (tertiary/aromatic N) is 3. The molecule has 1 atom stereocenters. The zero-order valence-corrected chi connectivity index (χ0v) is 16.3. The van der Waals surface area contributed by atoms with E-state index >= 15 is 0 Å². The number of aromatic nitrogens is 2. The molecule has 1 N–H and O–H groups in total. The predicted octanol–water partition coefficient (Wildman–Crippen LogP) is 4.60. The molecule has 0 aliphatic carbocycles. The van der Waals surface area contributed by atoms with E-state index in [2.05, 4.69) is 15.3 Å². The van der Waals surface area contributed by atoms with E-state index in [1.807, 2.05) is 6.92 Å². The van der Waals surface area contributed by atoms with Crippen molar-refractivity contribution in [2.75, 3.05) is 25.5 Å². The summed E-state index contributed by atoms with van der Waals surface area (Å²) in [7, 11) is 1.45. The van der Waals surface area contributed by atoms with Gasteiger partial charge < -0.3 is 9.64 Å². The van der Waals surface area contributed by atoms with E-state index in [-0.39, 0.29) is 23.3 Å². The van der Waals surface area contributed by atoms with E-state index in [9.17, 15) is 22.4 Å². The summed E-state index contributed by atoms with van der Waals surface area (Å²) in [6.07, 6.45) is 0.155. The highest BCUT2D eigenvalue weighted by molar-refractivity contribution is 5.88. The van der Waals surface area contributed by atoms with E-state index in [4.69, 9.17) is 4.74 Å². The monoisotopic (exact) mass is 424 g/mol. The van der Waals surface area contributed by atoms with Gasteiger partial charge in [0.2, 0.25) is 5.88 Å². The molecule has 2 heterocycles. The van der Waals surface area contributed by atoms with E-state index < -0.39 is 17.6 Å². The second-order valence-corrected chi connectivity index (χ2v) is 6.96. The summed E-state index contributed by atoms with van der Waals surface area (Å²) >= 11 is 0. The molecule has 2 amide bonds. The van der Waals surface area contributed by atoms with Crippen molar-refractivity contribution in [2.24, 2.45) is 5.92 Å². The minimum Gasteiger partial charge on any atom is -0.480 e. The van der Waals surface area contributed by atoms with Gasteiger partial charge in [-0.25, -0.2) is 19.2 Å². The summed E-state index contributed by atoms with van der Waals surface area (Å²) < 4.78 is 57.3. The van der Waals surface area contributed by atoms with E-state index in [1.165, 1.54) is 19.5 Å². The Kier molecular flexibility index (Phi) is 6.23. The largest absolute Gasteiger partial charge is 0.480 e. The van der Waals surface area contributed by atoms with Crippen molar-refractivity contribution in [3.63, 3.8) is 0 Å². The molecule has 0 saturated carbocycles. The lowest BCUT2D eigenvalue weighted by Crippen LogP contribution is -2.42. The Morgan fingerprint density at radius 1 is 1.27 bits per heavy atom. The zero-order chi connectivity index (χ0) is 21.9. The number of benzene rings is 1. The summed E-state index contributed by atoms with van der Waals surface area (Å²) in [6.45, 7) is 2.60. The van der Waals surface area contributed by atoms with Gasteiger partial charge in [0.05, 0.1) is 25.1 Å². The van der Waals surface area contributed by atoms with Crippen LogP contribution in [0, 0.1) is 11.7 Å². The topological polar surface area (TPSA) is 67.3 Å². The van der Waals surface area contributed by atoms with Crippen LogP contribution in [0.2, 0.25) is 0 Å². The van der Waals surface area contributed by atoms with Crippen LogP contribution in [0.5, 0.6) is 5.88 Å². The summed E-state index contributed by atoms with van der Waals surface area (Å²) in [5.41, 5.74) is -0.0305. The number of halogens is 4. The third-order valence-electron chi connectivity index (χ3n) is 4.76. The number of hydrogen-bond acceptors (Lipinski definition) is 4. The molecule has 2 aromatic rings. The van der Waals surface area contributed by atoms with Gasteiger partial charge in [-0.1, -0.05) is 18.6 Å². The Morgan fingerprint density at radius 2 is 2.03 bits per heavy atom. The molecular weight excluding hydrogens is 404 g/mol. The number of hydrogen-bond donors (Lipinski definition) is 1. The SMILES string of the molecule is COc1cnc(NC(=O)N2CC/C(=C\c3cc(F)cc(C(F)(F)F)c3)C(C)C2)cn1. The molecule has 0 radical (unpaired) electrons. The maximum atomic E-state index is 13.6. The van der Waals surface area contributed by atoms with Crippen molar-refractivity contribution in [2.45, 2.75) is 19.5 Å². The molecule has 1 aromatic carbocycles. The number of urea groups is 1. The van der Waals surface area contributed by atoms with E-state index in [1.54, 1.807) is 11.0 Å². The first-order valence-corrected chi connectivity index (χ1v) is 9.16. The highest BCUT2D eigenvalue weighted by Gasteiger charge is 2.31. The highest BCUT2D eigenvalue weighted by Crippen LogP contribution is 2.32. The van der Waals surface area contributed by atoms with Gasteiger partial charge >= 0.3 is 12.2 Å². The number of carbonyl (C=O) groups excluding carboxylic acids is 1. The fraction of sp³-hybridized carbons (Fsp3) is 0.350. The first-order chi connectivity index (χ1) is 14.2. The molecule has 1 saturated heterocycles. The average Bonchev–Trinajstić information content (AvgIpc) is 2.69. The second kappa shape index (κ2) is 8.68. The molecule has 10 heteroatoms. The van der Waals surface area contributed by atoms with Crippen LogP contribution >= 0.6 is 0 Å². The van der Waals surface area contributed by atoms with Crippen LogP contribution in [0.4, 0.5) is 28.2 Å². The molecule has 0 bridgehead atoms. The van der Waals surface area contributed by atoms with Crippen molar-refractivity contribution in [1.82, 2.24) is 14.9 Å². The van der Waals surface area contributed by atoms with Crippen molar-refractivity contribution < 1.29 is 27.1 Å². The molecular formula is C20H20F4N4O2. The number of rotatable bonds is 3. The van der Waals surface area contributed by atoms with Gasteiger partial charge in [-0.2, -0.15) is 13.2 Å². The molecule has 6 nitrogen and oxygen atoms in total. The van der Waals surface area contributed by atoms with E-state index in [0.29, 0.717) is 31.5 Å². The van der Waals surface area contributed by atoms with Crippen LogP contribution in [-0.4, -0.2) is 41.1 Å². The number of amides is 2. The number of carbonyl (C=O) groups is 1. The Balaban J connectivity index is 1.67. The van der Waals surface area contributed by atoms with Gasteiger partial charge in [0, 0.05) is 13.1 Å². The Hall–Kier alpha value is -3.17. The number of piperidine rings is 1. The molecule has 1 aliphatic heterocycles. The van der Waals surface area contributed by atoms with Gasteiger partial charge in [-0.05, 0) is 36.1 Å². The average molecular weight is 424 g/mol. The quantitative estimate of drug-likeness (QED) is 0.732. The lowest BCUT2D eigenvalue weighted by Gasteiger charge is -2.33. The molecule has 1 fully saturated rings. The van der Waals surface area contributed by atoms with Gasteiger partial charge in [-0.15, -0.1) is 0 Å². The number of nitrogens with one attached hydrogen (secondary N) is 1. The van der Waals surface area contributed by atoms with E-state index in [0.717, 1.165) is 17.7 Å². The maximum absolute atomic E-state index is 13.6. The van der Waals surface area contributed by atoms with Crippen molar-refractivity contribution in [1.29, 1.82) is 0 Å². The number of ether oxygens (including phenoxy) is 1. The molecule has 1 unspecified atom stereocenters. The fourth-order valence-corrected chi connectivity index (χ4v) is 3.20. The number of likely N-dealkylation sites (tertiary alicyclic amines) is 1. The number of anilines is 1. The third-order valence-corrected chi connectivity index (χ3v) is 4.76. The Labute approximate surface area is 170 Å². The van der Waals surface area contributed by atoms with Crippen LogP contribution in [0.25, 0.3) is 6.08 Å². The van der Waals surface area contributed by atoms with Crippen LogP contribution in [0.15, 0.2) is 36.2 Å². The van der Waals surface area contributed by atoms with Gasteiger partial charge in [0.15, 0.2) is 5.82 Å². The normalized spacial score (nSPS) is 18.4. The standard InChI is InChI=1S/C20H20F4N4O2/c1-12-11-28(19(29)27-17-9-26-18(30-2)10-25-17)4-3-14(12)5-13-6-15(20(22,23)24)8-16(21)7-13/h5-10,12H,3-4,11H2,1-2H3,(H,25,27,29)/b14-5+. The second-order valence-electron chi connectivity index (χ2n) is 6.96. The Morgan fingerprint density at radius 3 is 2.63 bits per heavy atom. The molecule has 1 aliphatic rings. The van der Waals surface area contributed by atoms with Crippen molar-refractivity contribution >= 4 is 17.9 Å². The molecule has 30 heavy (non-hydrogen) atoms. The van der Waals surface area contributed by atoms with Gasteiger partial charge in [0.1, 0.15) is 5.82 Å². The molecule has 3 rings (SSSR count). The number of alkyl halides is 3. The van der Waals surface area contributed by atoms with Crippen LogP contribution in [0.1, 0.15) is 24.5 Å². The smallest absolute Gasteiger partial charge is 0.416 e. The van der Waals surface area contributed by atoms with Gasteiger partial charge in [-0.3, -0.25) is 5.32 Å². The third kappa shape index (κ3) is 5.25. The minimum atomic E-state index is -4.62. The van der Waals surface area contributed by atoms with Crippen LogP contribution in [0.3, 0.4) is 0 Å². The van der Waals surface area contributed by atoms with Gasteiger partial charge in [0.25, 0.3) is 0 Å². The fourth-order valence-electron chi connectivity index (χ4n) is 3.20. The van der Waals surface area contributed by atoms with Crippen LogP contribution < -0.4 is 10.1 Å². The summed E-state index contributed by atoms with van der Waals surface area (Å²) in [6, 6.07) is 2.10. The summed E-state index contributed by atoms with van der Waals surface area (Å²) in [5.74, 6) is -0.458. The first-order valence-electron chi connectivity index (χ1n) is 9.16.